The lowest BCUT2D eigenvalue weighted by molar-refractivity contribution is -0.139. The molecular formula is C28H33F2N3O3S. The van der Waals surface area contributed by atoms with Gasteiger partial charge in [0, 0.05) is 53.8 Å². The number of fused-ring (bicyclic) bond motifs is 1. The molecule has 9 heteroatoms. The molecule has 2 heterocycles. The normalized spacial score (nSPS) is 19.1. The summed E-state index contributed by atoms with van der Waals surface area (Å²) in [5.41, 5.74) is 8.52. The van der Waals surface area contributed by atoms with Crippen LogP contribution >= 0.6 is 11.8 Å². The molecule has 0 aliphatic carbocycles. The molecule has 1 saturated heterocycles. The number of benzene rings is 2. The van der Waals surface area contributed by atoms with Gasteiger partial charge in [0.05, 0.1) is 12.6 Å². The number of nitrogens with two attached hydrogens (primary N) is 1. The highest BCUT2D eigenvalue weighted by atomic mass is 32.2. The molecule has 3 N–H and O–H groups in total. The van der Waals surface area contributed by atoms with Crippen LogP contribution in [0.15, 0.2) is 53.6 Å². The Kier molecular flexibility index (Phi) is 9.34. The van der Waals surface area contributed by atoms with Crippen molar-refractivity contribution in [2.24, 2.45) is 17.6 Å². The van der Waals surface area contributed by atoms with Crippen LogP contribution in [0.3, 0.4) is 0 Å². The Hall–Kier alpha value is -2.75. The number of methoxy groups -OCH3 is 1. The van der Waals surface area contributed by atoms with Crippen molar-refractivity contribution in [3.63, 3.8) is 0 Å². The van der Waals surface area contributed by atoms with Crippen molar-refractivity contribution in [1.29, 1.82) is 0 Å². The minimum absolute atomic E-state index is 0.0318. The Labute approximate surface area is 220 Å². The average Bonchev–Trinajstić information content (AvgIpc) is 2.86. The molecule has 1 aliphatic heterocycles. The van der Waals surface area contributed by atoms with Gasteiger partial charge in [-0.15, -0.1) is 11.8 Å². The summed E-state index contributed by atoms with van der Waals surface area (Å²) in [4.78, 5) is 18.9. The maximum atomic E-state index is 13.4. The minimum atomic E-state index is -0.794. The Morgan fingerprint density at radius 3 is 2.73 bits per heavy atom. The monoisotopic (exact) mass is 529 g/mol. The van der Waals surface area contributed by atoms with Crippen molar-refractivity contribution in [3.8, 4) is 5.75 Å². The van der Waals surface area contributed by atoms with Crippen LogP contribution in [0.2, 0.25) is 0 Å². The van der Waals surface area contributed by atoms with Gasteiger partial charge >= 0.3 is 5.97 Å². The lowest BCUT2D eigenvalue weighted by atomic mass is 9.79. The molecule has 198 valence electrons. The third-order valence-corrected chi connectivity index (χ3v) is 8.11. The van der Waals surface area contributed by atoms with E-state index in [4.69, 9.17) is 10.5 Å². The second-order valence-corrected chi connectivity index (χ2v) is 10.8. The predicted octanol–water partition coefficient (Wildman–Crippen LogP) is 5.51. The van der Waals surface area contributed by atoms with E-state index in [9.17, 15) is 18.7 Å². The summed E-state index contributed by atoms with van der Waals surface area (Å²) in [6.45, 7) is 2.29. The van der Waals surface area contributed by atoms with Crippen LogP contribution in [0.1, 0.15) is 37.3 Å². The number of likely N-dealkylation sites (tertiary alicyclic amines) is 1. The number of rotatable bonds is 11. The van der Waals surface area contributed by atoms with Gasteiger partial charge in [0.1, 0.15) is 17.4 Å². The Morgan fingerprint density at radius 2 is 2.00 bits per heavy atom. The highest BCUT2D eigenvalue weighted by Crippen LogP contribution is 2.34. The number of carboxylic acids is 1. The number of aromatic nitrogens is 1. The van der Waals surface area contributed by atoms with Gasteiger partial charge < -0.3 is 20.5 Å². The van der Waals surface area contributed by atoms with Crippen molar-refractivity contribution in [3.05, 3.63) is 65.9 Å². The molecule has 1 aliphatic rings. The summed E-state index contributed by atoms with van der Waals surface area (Å²) in [7, 11) is 1.63. The average molecular weight is 530 g/mol. The van der Waals surface area contributed by atoms with E-state index < -0.39 is 17.6 Å². The molecule has 0 bridgehead atoms. The number of carboxylic acid groups (broad SMARTS) is 1. The van der Waals surface area contributed by atoms with Crippen molar-refractivity contribution in [2.45, 2.75) is 36.6 Å². The topological polar surface area (TPSA) is 88.7 Å². The minimum Gasteiger partial charge on any atom is -0.497 e. The van der Waals surface area contributed by atoms with E-state index in [1.54, 1.807) is 13.3 Å². The second-order valence-electron chi connectivity index (χ2n) is 9.63. The quantitative estimate of drug-likeness (QED) is 0.317. The largest absolute Gasteiger partial charge is 0.497 e. The molecule has 0 radical (unpaired) electrons. The Balaban J connectivity index is 1.34. The fourth-order valence-electron chi connectivity index (χ4n) is 5.25. The van der Waals surface area contributed by atoms with Gasteiger partial charge in [0.25, 0.3) is 0 Å². The summed E-state index contributed by atoms with van der Waals surface area (Å²) in [6, 6.07) is 11.0. The van der Waals surface area contributed by atoms with E-state index in [0.29, 0.717) is 17.2 Å². The molecule has 0 amide bonds. The number of piperidine rings is 1. The van der Waals surface area contributed by atoms with Gasteiger partial charge in [-0.2, -0.15) is 0 Å². The third kappa shape index (κ3) is 7.40. The van der Waals surface area contributed by atoms with Gasteiger partial charge in [0.2, 0.25) is 0 Å². The first-order valence-corrected chi connectivity index (χ1v) is 13.5. The molecule has 1 fully saturated rings. The first-order chi connectivity index (χ1) is 17.8. The number of hydrogen-bond acceptors (Lipinski definition) is 6. The second kappa shape index (κ2) is 12.7. The smallest absolute Gasteiger partial charge is 0.303 e. The van der Waals surface area contributed by atoms with Crippen LogP contribution in [-0.2, 0) is 4.79 Å². The van der Waals surface area contributed by atoms with Crippen molar-refractivity contribution < 1.29 is 23.4 Å². The molecule has 0 saturated carbocycles. The van der Waals surface area contributed by atoms with Gasteiger partial charge in [-0.25, -0.2) is 8.78 Å². The molecule has 3 atom stereocenters. The molecular weight excluding hydrogens is 496 g/mol. The lowest BCUT2D eigenvalue weighted by Gasteiger charge is -2.38. The zero-order chi connectivity index (χ0) is 26.4. The summed E-state index contributed by atoms with van der Waals surface area (Å²) in [5, 5.41) is 10.5. The van der Waals surface area contributed by atoms with Crippen LogP contribution < -0.4 is 10.5 Å². The fourth-order valence-corrected chi connectivity index (χ4v) is 6.22. The Morgan fingerprint density at radius 1 is 1.22 bits per heavy atom. The molecule has 3 aromatic rings. The molecule has 6 nitrogen and oxygen atoms in total. The third-order valence-electron chi connectivity index (χ3n) is 7.15. The van der Waals surface area contributed by atoms with Crippen LogP contribution in [0.4, 0.5) is 8.78 Å². The van der Waals surface area contributed by atoms with Crippen LogP contribution in [0.5, 0.6) is 5.75 Å². The first-order valence-electron chi connectivity index (χ1n) is 12.5. The Bertz CT molecular complexity index is 1210. The van der Waals surface area contributed by atoms with E-state index >= 15 is 0 Å². The molecule has 4 rings (SSSR count). The van der Waals surface area contributed by atoms with Crippen molar-refractivity contribution in [1.82, 2.24) is 9.88 Å². The number of nitrogens with zero attached hydrogens (tertiary/aromatic N) is 2. The van der Waals surface area contributed by atoms with Crippen LogP contribution in [-0.4, -0.2) is 53.5 Å². The number of thioether (sulfide) groups is 1. The standard InChI is InChI=1S/C28H33F2N3O3S/c1-36-22-3-5-27-25(16-22)24(6-8-32-27)26(31)4-2-18-7-9-33(17-19(18)12-28(34)35)10-11-37-23-14-20(29)13-21(30)15-23/h3,5-6,8,13-16,18-19,26H,2,4,7,9-12,17,31H2,1H3,(H,34,35)/t18-,19+,26?/m1/s1. The SMILES string of the molecule is COc1ccc2nccc(C(N)CC[C@@H]3CCN(CCSc4cc(F)cc(F)c4)C[C@@H]3CC(=O)O)c2c1. The van der Waals surface area contributed by atoms with Crippen molar-refractivity contribution >= 4 is 28.6 Å². The maximum Gasteiger partial charge on any atom is 0.303 e. The van der Waals surface area contributed by atoms with E-state index in [1.807, 2.05) is 24.3 Å². The zero-order valence-electron chi connectivity index (χ0n) is 20.9. The maximum absolute atomic E-state index is 13.4. The highest BCUT2D eigenvalue weighted by Gasteiger charge is 2.31. The predicted molar refractivity (Wildman–Crippen MR) is 142 cm³/mol. The fraction of sp³-hybridized carbons (Fsp3) is 0.429. The highest BCUT2D eigenvalue weighted by molar-refractivity contribution is 7.99. The summed E-state index contributed by atoms with van der Waals surface area (Å²) >= 11 is 1.41. The van der Waals surface area contributed by atoms with Crippen molar-refractivity contribution in [2.75, 3.05) is 32.5 Å². The van der Waals surface area contributed by atoms with E-state index in [0.717, 1.165) is 60.6 Å². The van der Waals surface area contributed by atoms with Gasteiger partial charge in [0.15, 0.2) is 0 Å². The molecule has 1 unspecified atom stereocenters. The number of hydrogen-bond donors (Lipinski definition) is 2. The number of carbonyl (C=O) groups is 1. The number of aliphatic carboxylic acids is 1. The number of halogens is 2. The lowest BCUT2D eigenvalue weighted by Crippen LogP contribution is -2.42. The molecule has 2 aromatic carbocycles. The summed E-state index contributed by atoms with van der Waals surface area (Å²) < 4.78 is 32.2. The first kappa shape index (κ1) is 27.3. The van der Waals surface area contributed by atoms with Crippen LogP contribution in [0.25, 0.3) is 10.9 Å². The van der Waals surface area contributed by atoms with Gasteiger partial charge in [-0.1, -0.05) is 0 Å². The van der Waals surface area contributed by atoms with E-state index in [2.05, 4.69) is 9.88 Å². The van der Waals surface area contributed by atoms with E-state index in [1.165, 1.54) is 23.9 Å². The number of pyridine rings is 1. The van der Waals surface area contributed by atoms with Crippen LogP contribution in [0, 0.1) is 23.5 Å². The van der Waals surface area contributed by atoms with Gasteiger partial charge in [-0.05, 0) is 79.6 Å². The summed E-state index contributed by atoms with van der Waals surface area (Å²) in [5.74, 6) is -0.225. The molecule has 1 aromatic heterocycles. The molecule has 0 spiro atoms. The van der Waals surface area contributed by atoms with Gasteiger partial charge in [-0.3, -0.25) is 9.78 Å². The van der Waals surface area contributed by atoms with E-state index in [-0.39, 0.29) is 24.3 Å². The summed E-state index contributed by atoms with van der Waals surface area (Å²) in [6.07, 6.45) is 4.38. The number of ether oxygens (including phenoxy) is 1. The molecule has 37 heavy (non-hydrogen) atoms. The zero-order valence-corrected chi connectivity index (χ0v) is 21.7.